The van der Waals surface area contributed by atoms with E-state index in [4.69, 9.17) is 11.6 Å². The lowest BCUT2D eigenvalue weighted by Gasteiger charge is -2.19. The van der Waals surface area contributed by atoms with Crippen molar-refractivity contribution < 1.29 is 0 Å². The molecule has 0 saturated heterocycles. The molecule has 3 nitrogen and oxygen atoms in total. The number of nitrogens with zero attached hydrogens (tertiary/aromatic N) is 2. The highest BCUT2D eigenvalue weighted by Gasteiger charge is 2.17. The highest BCUT2D eigenvalue weighted by Crippen LogP contribution is 2.29. The van der Waals surface area contributed by atoms with E-state index in [1.165, 1.54) is 0 Å². The first-order valence-corrected chi connectivity index (χ1v) is 7.33. The molecule has 0 saturated carbocycles. The number of halogens is 2. The van der Waals surface area contributed by atoms with Crippen molar-refractivity contribution in [3.05, 3.63) is 57.5 Å². The molecule has 0 amide bonds. The largest absolute Gasteiger partial charge is 0.305 e. The minimum atomic E-state index is -0.0331. The van der Waals surface area contributed by atoms with Crippen LogP contribution in [0.25, 0.3) is 0 Å². The van der Waals surface area contributed by atoms with E-state index in [2.05, 4.69) is 38.1 Å². The van der Waals surface area contributed by atoms with Crippen LogP contribution in [0.1, 0.15) is 30.6 Å². The molecule has 0 fully saturated rings. The van der Waals surface area contributed by atoms with Crippen molar-refractivity contribution in [2.45, 2.75) is 19.4 Å². The summed E-state index contributed by atoms with van der Waals surface area (Å²) in [5, 5.41) is 4.18. The van der Waals surface area contributed by atoms with Crippen LogP contribution in [-0.4, -0.2) is 16.5 Å². The first kappa shape index (κ1) is 14.4. The van der Waals surface area contributed by atoms with Crippen LogP contribution in [0.2, 0.25) is 5.02 Å². The van der Waals surface area contributed by atoms with Gasteiger partial charge in [0.1, 0.15) is 0 Å². The van der Waals surface area contributed by atoms with Crippen LogP contribution >= 0.6 is 27.5 Å². The lowest BCUT2D eigenvalue weighted by molar-refractivity contribution is 0.584. The molecule has 19 heavy (non-hydrogen) atoms. The zero-order valence-electron chi connectivity index (χ0n) is 10.6. The minimum absolute atomic E-state index is 0.0331. The fourth-order valence-electron chi connectivity index (χ4n) is 1.86. The average molecular weight is 341 g/mol. The minimum Gasteiger partial charge on any atom is -0.305 e. The summed E-state index contributed by atoms with van der Waals surface area (Å²) in [5.74, 6) is 0. The van der Waals surface area contributed by atoms with E-state index < -0.39 is 0 Å². The monoisotopic (exact) mass is 339 g/mol. The first-order chi connectivity index (χ1) is 9.22. The zero-order chi connectivity index (χ0) is 13.7. The number of nitrogens with one attached hydrogen (secondary N) is 1. The summed E-state index contributed by atoms with van der Waals surface area (Å²) >= 11 is 9.76. The zero-order valence-corrected chi connectivity index (χ0v) is 12.9. The van der Waals surface area contributed by atoms with E-state index in [9.17, 15) is 0 Å². The Morgan fingerprint density at radius 3 is 2.84 bits per heavy atom. The second kappa shape index (κ2) is 6.98. The van der Waals surface area contributed by atoms with Gasteiger partial charge in [0.2, 0.25) is 0 Å². The Morgan fingerprint density at radius 1 is 1.37 bits per heavy atom. The van der Waals surface area contributed by atoms with Gasteiger partial charge in [-0.15, -0.1) is 0 Å². The van der Waals surface area contributed by atoms with Gasteiger partial charge in [-0.2, -0.15) is 0 Å². The fraction of sp³-hybridized carbons (Fsp3) is 0.286. The molecule has 1 unspecified atom stereocenters. The Labute approximate surface area is 126 Å². The van der Waals surface area contributed by atoms with Crippen LogP contribution < -0.4 is 5.32 Å². The molecule has 0 radical (unpaired) electrons. The summed E-state index contributed by atoms with van der Waals surface area (Å²) in [4.78, 5) is 8.51. The summed E-state index contributed by atoms with van der Waals surface area (Å²) < 4.78 is 0.967. The highest BCUT2D eigenvalue weighted by molar-refractivity contribution is 9.10. The maximum absolute atomic E-state index is 6.33. The molecule has 0 spiro atoms. The molecule has 0 aliphatic heterocycles. The van der Waals surface area contributed by atoms with Gasteiger partial charge in [0, 0.05) is 21.9 Å². The molecule has 0 aliphatic carbocycles. The Bertz CT molecular complexity index is 533. The maximum Gasteiger partial charge on any atom is 0.0802 e. The summed E-state index contributed by atoms with van der Waals surface area (Å²) in [6.45, 7) is 3.03. The third-order valence-corrected chi connectivity index (χ3v) is 3.57. The lowest BCUT2D eigenvalue weighted by Crippen LogP contribution is -2.24. The fourth-order valence-corrected chi connectivity index (χ4v) is 2.64. The van der Waals surface area contributed by atoms with Crippen LogP contribution in [0.5, 0.6) is 0 Å². The van der Waals surface area contributed by atoms with Gasteiger partial charge in [-0.25, -0.2) is 0 Å². The standard InChI is InChI=1S/C14H15BrClN3/c1-2-5-19-14(13-9-17-6-7-18-13)11-4-3-10(15)8-12(11)16/h3-4,6-9,14,19H,2,5H2,1H3. The van der Waals surface area contributed by atoms with Crippen molar-refractivity contribution in [3.8, 4) is 0 Å². The van der Waals surface area contributed by atoms with Crippen molar-refractivity contribution in [1.29, 1.82) is 0 Å². The van der Waals surface area contributed by atoms with Crippen molar-refractivity contribution in [2.24, 2.45) is 0 Å². The van der Waals surface area contributed by atoms with Crippen LogP contribution in [-0.2, 0) is 0 Å². The van der Waals surface area contributed by atoms with Crippen molar-refractivity contribution >= 4 is 27.5 Å². The van der Waals surface area contributed by atoms with E-state index in [0.717, 1.165) is 28.7 Å². The van der Waals surface area contributed by atoms with Crippen LogP contribution in [0.3, 0.4) is 0 Å². The SMILES string of the molecule is CCCNC(c1cnccn1)c1ccc(Br)cc1Cl. The molecule has 0 bridgehead atoms. The molecular weight excluding hydrogens is 326 g/mol. The van der Waals surface area contributed by atoms with Crippen molar-refractivity contribution in [2.75, 3.05) is 6.54 Å². The van der Waals surface area contributed by atoms with Crippen LogP contribution in [0.15, 0.2) is 41.3 Å². The third kappa shape index (κ3) is 3.75. The topological polar surface area (TPSA) is 37.8 Å². The van der Waals surface area contributed by atoms with E-state index in [0.29, 0.717) is 5.02 Å². The van der Waals surface area contributed by atoms with E-state index >= 15 is 0 Å². The summed E-state index contributed by atoms with van der Waals surface area (Å²) in [5.41, 5.74) is 1.89. The number of hydrogen-bond donors (Lipinski definition) is 1. The van der Waals surface area contributed by atoms with Gasteiger partial charge in [0.25, 0.3) is 0 Å². The van der Waals surface area contributed by atoms with Gasteiger partial charge in [-0.1, -0.05) is 40.5 Å². The van der Waals surface area contributed by atoms with Gasteiger partial charge >= 0.3 is 0 Å². The Kier molecular flexibility index (Phi) is 5.31. The van der Waals surface area contributed by atoms with Crippen LogP contribution in [0.4, 0.5) is 0 Å². The predicted molar refractivity (Wildman–Crippen MR) is 81.3 cm³/mol. The highest BCUT2D eigenvalue weighted by atomic mass is 79.9. The van der Waals surface area contributed by atoms with Gasteiger partial charge in [0.05, 0.1) is 17.9 Å². The van der Waals surface area contributed by atoms with Crippen LogP contribution in [0, 0.1) is 0 Å². The Hall–Kier alpha value is -0.970. The third-order valence-electron chi connectivity index (χ3n) is 2.75. The number of benzene rings is 1. The molecule has 2 aromatic rings. The second-order valence-corrected chi connectivity index (χ2v) is 5.51. The molecule has 1 heterocycles. The van der Waals surface area contributed by atoms with Gasteiger partial charge in [-0.3, -0.25) is 9.97 Å². The quantitative estimate of drug-likeness (QED) is 0.894. The molecule has 0 aliphatic rings. The summed E-state index contributed by atoms with van der Waals surface area (Å²) in [7, 11) is 0. The molecule has 100 valence electrons. The molecule has 5 heteroatoms. The number of aromatic nitrogens is 2. The summed E-state index contributed by atoms with van der Waals surface area (Å²) in [6.07, 6.45) is 6.18. The molecule has 1 aromatic heterocycles. The molecule has 1 aromatic carbocycles. The molecular formula is C14H15BrClN3. The second-order valence-electron chi connectivity index (χ2n) is 4.18. The molecule has 1 N–H and O–H groups in total. The van der Waals surface area contributed by atoms with E-state index in [1.54, 1.807) is 18.6 Å². The predicted octanol–water partition coefficient (Wildman–Crippen LogP) is 3.98. The summed E-state index contributed by atoms with van der Waals surface area (Å²) in [6, 6.07) is 5.86. The van der Waals surface area contributed by atoms with Crippen molar-refractivity contribution in [1.82, 2.24) is 15.3 Å². The molecule has 2 rings (SSSR count). The lowest BCUT2D eigenvalue weighted by atomic mass is 10.0. The van der Waals surface area contributed by atoms with E-state index in [-0.39, 0.29) is 6.04 Å². The maximum atomic E-state index is 6.33. The Morgan fingerprint density at radius 2 is 2.21 bits per heavy atom. The normalized spacial score (nSPS) is 12.4. The first-order valence-electron chi connectivity index (χ1n) is 6.16. The Balaban J connectivity index is 2.37. The van der Waals surface area contributed by atoms with Gasteiger partial charge in [-0.05, 0) is 30.7 Å². The van der Waals surface area contributed by atoms with Crippen molar-refractivity contribution in [3.63, 3.8) is 0 Å². The number of rotatable bonds is 5. The van der Waals surface area contributed by atoms with Gasteiger partial charge < -0.3 is 5.32 Å². The average Bonchev–Trinajstić information content (AvgIpc) is 2.42. The molecule has 1 atom stereocenters. The van der Waals surface area contributed by atoms with E-state index in [1.807, 2.05) is 18.2 Å². The number of hydrogen-bond acceptors (Lipinski definition) is 3. The van der Waals surface area contributed by atoms with Gasteiger partial charge in [0.15, 0.2) is 0 Å². The smallest absolute Gasteiger partial charge is 0.0802 e.